The molecule has 0 unspecified atom stereocenters. The summed E-state index contributed by atoms with van der Waals surface area (Å²) in [7, 11) is 1.52. The zero-order valence-electron chi connectivity index (χ0n) is 15.4. The molecule has 0 bridgehead atoms. The molecule has 0 aliphatic rings. The molecule has 0 saturated carbocycles. The first-order valence-corrected chi connectivity index (χ1v) is 8.34. The summed E-state index contributed by atoms with van der Waals surface area (Å²) in [5.41, 5.74) is 0.0725. The number of nitrogens with zero attached hydrogens (tertiary/aromatic N) is 3. The highest BCUT2D eigenvalue weighted by molar-refractivity contribution is 5.61. The van der Waals surface area contributed by atoms with E-state index in [0.717, 1.165) is 5.56 Å². The van der Waals surface area contributed by atoms with Gasteiger partial charge < -0.3 is 9.64 Å². The molecule has 1 heterocycles. The van der Waals surface area contributed by atoms with Gasteiger partial charge >= 0.3 is 12.4 Å². The van der Waals surface area contributed by atoms with Gasteiger partial charge in [-0.05, 0) is 24.0 Å². The van der Waals surface area contributed by atoms with E-state index >= 15 is 0 Å². The molecular formula is C18H19F6N3O. The highest BCUT2D eigenvalue weighted by atomic mass is 19.4. The monoisotopic (exact) mass is 407 g/mol. The largest absolute Gasteiger partial charge is 0.467 e. The Morgan fingerprint density at radius 1 is 1.07 bits per heavy atom. The van der Waals surface area contributed by atoms with E-state index in [-0.39, 0.29) is 5.95 Å². The lowest BCUT2D eigenvalue weighted by atomic mass is 10.0. The number of anilines is 2. The van der Waals surface area contributed by atoms with E-state index in [1.165, 1.54) is 11.9 Å². The SMILES string of the molecule is CC(C)Cc1ccccc1N(C)c1ncc(C(F)(F)F)c(OCC(F)(F)F)n1. The molecule has 2 rings (SSSR count). The van der Waals surface area contributed by atoms with E-state index in [9.17, 15) is 26.3 Å². The van der Waals surface area contributed by atoms with Gasteiger partial charge in [0.15, 0.2) is 6.61 Å². The molecule has 0 fully saturated rings. The molecule has 1 aromatic carbocycles. The van der Waals surface area contributed by atoms with Crippen LogP contribution in [0.5, 0.6) is 5.88 Å². The molecule has 2 aromatic rings. The number of aromatic nitrogens is 2. The first-order valence-electron chi connectivity index (χ1n) is 8.34. The van der Waals surface area contributed by atoms with Crippen molar-refractivity contribution in [3.05, 3.63) is 41.6 Å². The van der Waals surface area contributed by atoms with Gasteiger partial charge in [0.25, 0.3) is 0 Å². The van der Waals surface area contributed by atoms with Crippen LogP contribution < -0.4 is 9.64 Å². The maximum absolute atomic E-state index is 13.1. The van der Waals surface area contributed by atoms with Crippen LogP contribution in [0.2, 0.25) is 0 Å². The van der Waals surface area contributed by atoms with Crippen molar-refractivity contribution in [3.63, 3.8) is 0 Å². The van der Waals surface area contributed by atoms with E-state index in [2.05, 4.69) is 14.7 Å². The third-order valence-corrected chi connectivity index (χ3v) is 3.70. The number of hydrogen-bond donors (Lipinski definition) is 0. The number of para-hydroxylation sites is 1. The van der Waals surface area contributed by atoms with Gasteiger partial charge in [-0.1, -0.05) is 32.0 Å². The van der Waals surface area contributed by atoms with Crippen molar-refractivity contribution in [2.45, 2.75) is 32.6 Å². The molecular weight excluding hydrogens is 388 g/mol. The topological polar surface area (TPSA) is 38.2 Å². The predicted molar refractivity (Wildman–Crippen MR) is 91.6 cm³/mol. The zero-order valence-corrected chi connectivity index (χ0v) is 15.4. The summed E-state index contributed by atoms with van der Waals surface area (Å²) in [6.07, 6.45) is -8.63. The third-order valence-electron chi connectivity index (χ3n) is 3.70. The van der Waals surface area contributed by atoms with Crippen LogP contribution in [-0.4, -0.2) is 29.8 Å². The van der Waals surface area contributed by atoms with Gasteiger partial charge in [-0.25, -0.2) is 4.98 Å². The highest BCUT2D eigenvalue weighted by Crippen LogP contribution is 2.37. The molecule has 0 saturated heterocycles. The van der Waals surface area contributed by atoms with Crippen molar-refractivity contribution in [2.24, 2.45) is 5.92 Å². The summed E-state index contributed by atoms with van der Waals surface area (Å²) in [6.45, 7) is 2.13. The minimum atomic E-state index is -4.95. The average molecular weight is 407 g/mol. The van der Waals surface area contributed by atoms with Gasteiger partial charge in [0.1, 0.15) is 5.56 Å². The number of alkyl halides is 6. The van der Waals surface area contributed by atoms with E-state index < -0.39 is 30.4 Å². The van der Waals surface area contributed by atoms with Crippen molar-refractivity contribution in [3.8, 4) is 5.88 Å². The predicted octanol–water partition coefficient (Wildman–Crippen LogP) is 5.40. The van der Waals surface area contributed by atoms with E-state index in [4.69, 9.17) is 0 Å². The molecule has 0 aliphatic heterocycles. The summed E-state index contributed by atoms with van der Waals surface area (Å²) in [6, 6.07) is 7.15. The quantitative estimate of drug-likeness (QED) is 0.601. The normalized spacial score (nSPS) is 12.4. The Morgan fingerprint density at radius 3 is 2.29 bits per heavy atom. The molecule has 0 atom stereocenters. The van der Waals surface area contributed by atoms with E-state index in [0.29, 0.717) is 24.2 Å². The van der Waals surface area contributed by atoms with Gasteiger partial charge in [-0.15, -0.1) is 0 Å². The van der Waals surface area contributed by atoms with Crippen molar-refractivity contribution in [1.29, 1.82) is 0 Å². The van der Waals surface area contributed by atoms with Crippen LogP contribution in [-0.2, 0) is 12.6 Å². The number of halogens is 6. The number of rotatable bonds is 6. The van der Waals surface area contributed by atoms with Crippen LogP contribution in [0.25, 0.3) is 0 Å². The first kappa shape index (κ1) is 21.8. The maximum Gasteiger partial charge on any atom is 0.423 e. The van der Waals surface area contributed by atoms with Crippen LogP contribution in [0.15, 0.2) is 30.5 Å². The smallest absolute Gasteiger partial charge is 0.423 e. The van der Waals surface area contributed by atoms with E-state index in [1.54, 1.807) is 12.1 Å². The fourth-order valence-corrected chi connectivity index (χ4v) is 2.53. The standard InChI is InChI=1S/C18H19F6N3O/c1-11(2)8-12-6-4-5-7-14(12)27(3)16-25-9-13(18(22,23)24)15(26-16)28-10-17(19,20)21/h4-7,9,11H,8,10H2,1-3H3. The second-order valence-electron chi connectivity index (χ2n) is 6.58. The fourth-order valence-electron chi connectivity index (χ4n) is 2.53. The Balaban J connectivity index is 2.43. The summed E-state index contributed by atoms with van der Waals surface area (Å²) >= 11 is 0. The zero-order chi connectivity index (χ0) is 21.1. The van der Waals surface area contributed by atoms with E-state index in [1.807, 2.05) is 26.0 Å². The lowest BCUT2D eigenvalue weighted by molar-refractivity contribution is -0.159. The van der Waals surface area contributed by atoms with Crippen LogP contribution in [0.4, 0.5) is 38.0 Å². The lowest BCUT2D eigenvalue weighted by Crippen LogP contribution is -2.23. The Bertz CT molecular complexity index is 805. The van der Waals surface area contributed by atoms with Crippen molar-refractivity contribution in [1.82, 2.24) is 9.97 Å². The minimum Gasteiger partial charge on any atom is -0.467 e. The molecule has 10 heteroatoms. The van der Waals surface area contributed by atoms with Gasteiger partial charge in [0.2, 0.25) is 11.8 Å². The van der Waals surface area contributed by atoms with Gasteiger partial charge in [-0.2, -0.15) is 31.3 Å². The number of ether oxygens (including phenoxy) is 1. The van der Waals surface area contributed by atoms with Gasteiger partial charge in [0.05, 0.1) is 0 Å². The second kappa shape index (κ2) is 8.24. The Morgan fingerprint density at radius 2 is 1.71 bits per heavy atom. The molecule has 0 N–H and O–H groups in total. The van der Waals surface area contributed by atoms with Crippen LogP contribution in [0, 0.1) is 5.92 Å². The Labute approximate surface area is 158 Å². The number of benzene rings is 1. The molecule has 0 spiro atoms. The van der Waals surface area contributed by atoms with Crippen LogP contribution in [0.3, 0.4) is 0 Å². The molecule has 0 radical (unpaired) electrons. The lowest BCUT2D eigenvalue weighted by Gasteiger charge is -2.23. The minimum absolute atomic E-state index is 0.207. The molecule has 0 amide bonds. The van der Waals surface area contributed by atoms with Crippen molar-refractivity contribution < 1.29 is 31.1 Å². The molecule has 4 nitrogen and oxygen atoms in total. The molecule has 28 heavy (non-hydrogen) atoms. The second-order valence-corrected chi connectivity index (χ2v) is 6.58. The van der Waals surface area contributed by atoms with Crippen molar-refractivity contribution >= 4 is 11.6 Å². The summed E-state index contributed by atoms with van der Waals surface area (Å²) in [5, 5.41) is 0. The molecule has 154 valence electrons. The molecule has 1 aromatic heterocycles. The average Bonchev–Trinajstić information content (AvgIpc) is 2.57. The maximum atomic E-state index is 13.1. The third kappa shape index (κ3) is 5.74. The summed E-state index contributed by atoms with van der Waals surface area (Å²) in [4.78, 5) is 8.71. The summed E-state index contributed by atoms with van der Waals surface area (Å²) in [5.74, 6) is -1.06. The van der Waals surface area contributed by atoms with Crippen LogP contribution >= 0.6 is 0 Å². The summed E-state index contributed by atoms with van der Waals surface area (Å²) < 4.78 is 80.8. The highest BCUT2D eigenvalue weighted by Gasteiger charge is 2.38. The van der Waals surface area contributed by atoms with Crippen LogP contribution in [0.1, 0.15) is 25.0 Å². The first-order chi connectivity index (χ1) is 12.9. The fraction of sp³-hybridized carbons (Fsp3) is 0.444. The number of hydrogen-bond acceptors (Lipinski definition) is 4. The Kier molecular flexibility index (Phi) is 6.41. The van der Waals surface area contributed by atoms with Crippen molar-refractivity contribution in [2.75, 3.05) is 18.6 Å². The van der Waals surface area contributed by atoms with Gasteiger partial charge in [0, 0.05) is 18.9 Å². The Hall–Kier alpha value is -2.52. The molecule has 0 aliphatic carbocycles. The van der Waals surface area contributed by atoms with Gasteiger partial charge in [-0.3, -0.25) is 0 Å².